The van der Waals surface area contributed by atoms with Gasteiger partial charge in [0.15, 0.2) is 5.01 Å². The molecule has 1 aromatic carbocycles. The fourth-order valence-electron chi connectivity index (χ4n) is 4.43. The third-order valence-corrected chi connectivity index (χ3v) is 8.22. The largest absolute Gasteiger partial charge is 0.465 e. The van der Waals surface area contributed by atoms with Crippen molar-refractivity contribution < 1.29 is 14.3 Å². The third-order valence-electron chi connectivity index (χ3n) is 6.38. The maximum absolute atomic E-state index is 13.6. The van der Waals surface area contributed by atoms with Gasteiger partial charge in [0.25, 0.3) is 0 Å². The van der Waals surface area contributed by atoms with Gasteiger partial charge in [-0.05, 0) is 75.1 Å². The van der Waals surface area contributed by atoms with Crippen molar-refractivity contribution in [3.8, 4) is 22.3 Å². The Balaban J connectivity index is 1.65. The summed E-state index contributed by atoms with van der Waals surface area (Å²) in [5.41, 5.74) is 2.50. The molecular formula is C28H30N2O3S2. The number of benzene rings is 1. The normalized spacial score (nSPS) is 17.5. The highest BCUT2D eigenvalue weighted by Crippen LogP contribution is 2.40. The molecule has 4 rings (SSSR count). The molecule has 0 radical (unpaired) electrons. The van der Waals surface area contributed by atoms with E-state index in [1.54, 1.807) is 11.1 Å². The van der Waals surface area contributed by atoms with E-state index in [9.17, 15) is 9.59 Å². The Morgan fingerprint density at radius 3 is 2.43 bits per heavy atom. The summed E-state index contributed by atoms with van der Waals surface area (Å²) in [6.07, 6.45) is 5.68. The number of rotatable bonds is 5. The number of thiazole rings is 1. The molecule has 1 fully saturated rings. The van der Waals surface area contributed by atoms with Crippen LogP contribution in [0.2, 0.25) is 0 Å². The number of methoxy groups -OCH3 is 1. The average molecular weight is 507 g/mol. The van der Waals surface area contributed by atoms with E-state index in [1.807, 2.05) is 49.6 Å². The number of amides is 1. The van der Waals surface area contributed by atoms with Crippen LogP contribution in [0.25, 0.3) is 10.4 Å². The topological polar surface area (TPSA) is 59.5 Å². The van der Waals surface area contributed by atoms with E-state index < -0.39 is 5.97 Å². The van der Waals surface area contributed by atoms with Gasteiger partial charge in [0.2, 0.25) is 5.91 Å². The lowest BCUT2D eigenvalue weighted by Crippen LogP contribution is -2.42. The molecule has 7 heteroatoms. The highest BCUT2D eigenvalue weighted by molar-refractivity contribution is 7.18. The number of hydrogen-bond donors (Lipinski definition) is 0. The van der Waals surface area contributed by atoms with Crippen LogP contribution in [0.3, 0.4) is 0 Å². The second-order valence-corrected chi connectivity index (χ2v) is 11.2. The zero-order chi connectivity index (χ0) is 24.9. The van der Waals surface area contributed by atoms with Gasteiger partial charge in [0.1, 0.15) is 4.88 Å². The predicted octanol–water partition coefficient (Wildman–Crippen LogP) is 6.63. The average Bonchev–Trinajstić information content (AvgIpc) is 3.53. The van der Waals surface area contributed by atoms with Crippen molar-refractivity contribution in [2.45, 2.75) is 52.5 Å². The van der Waals surface area contributed by atoms with E-state index in [1.165, 1.54) is 29.8 Å². The van der Waals surface area contributed by atoms with Crippen LogP contribution in [0.1, 0.15) is 66.7 Å². The van der Waals surface area contributed by atoms with Crippen molar-refractivity contribution >= 4 is 40.2 Å². The van der Waals surface area contributed by atoms with Crippen molar-refractivity contribution in [3.63, 3.8) is 0 Å². The Hall–Kier alpha value is -2.95. The standard InChI is InChI=1S/C28H30N2O3S2/c1-18(2)30(27(31)22-10-5-19(3)6-11-22)23-17-24(35-26(23)28(32)33-4)21-12-7-20(8-13-21)9-14-25-29-15-16-34-25/h7-8,12-13,15-19,22H,5-6,10-11H2,1-4H3. The number of nitrogens with zero attached hydrogens (tertiary/aromatic N) is 2. The van der Waals surface area contributed by atoms with E-state index in [2.05, 4.69) is 23.7 Å². The van der Waals surface area contributed by atoms with Gasteiger partial charge in [-0.1, -0.05) is 25.0 Å². The first kappa shape index (κ1) is 25.2. The Morgan fingerprint density at radius 2 is 1.83 bits per heavy atom. The molecule has 2 aromatic heterocycles. The van der Waals surface area contributed by atoms with Crippen LogP contribution in [-0.4, -0.2) is 30.0 Å². The lowest BCUT2D eigenvalue weighted by Gasteiger charge is -2.33. The molecule has 0 bridgehead atoms. The van der Waals surface area contributed by atoms with Crippen LogP contribution in [0, 0.1) is 23.7 Å². The van der Waals surface area contributed by atoms with Crippen molar-refractivity contribution in [2.75, 3.05) is 12.0 Å². The zero-order valence-electron chi connectivity index (χ0n) is 20.5. The van der Waals surface area contributed by atoms with Gasteiger partial charge in [-0.25, -0.2) is 9.78 Å². The van der Waals surface area contributed by atoms with Crippen LogP contribution < -0.4 is 4.90 Å². The first-order valence-corrected chi connectivity index (χ1v) is 13.6. The minimum atomic E-state index is -0.419. The van der Waals surface area contributed by atoms with Gasteiger partial charge in [-0.3, -0.25) is 4.79 Å². The maximum Gasteiger partial charge on any atom is 0.350 e. The molecule has 0 saturated heterocycles. The second-order valence-electron chi connectivity index (χ2n) is 9.24. The number of esters is 1. The minimum absolute atomic E-state index is 0.00172. The van der Waals surface area contributed by atoms with Crippen molar-refractivity contribution in [3.05, 3.63) is 57.4 Å². The Kier molecular flexibility index (Phi) is 8.04. The van der Waals surface area contributed by atoms with Gasteiger partial charge < -0.3 is 9.64 Å². The van der Waals surface area contributed by atoms with Crippen LogP contribution in [0.15, 0.2) is 41.9 Å². The van der Waals surface area contributed by atoms with Gasteiger partial charge in [-0.2, -0.15) is 0 Å². The number of anilines is 1. The summed E-state index contributed by atoms with van der Waals surface area (Å²) >= 11 is 2.87. The molecule has 5 nitrogen and oxygen atoms in total. The van der Waals surface area contributed by atoms with Crippen molar-refractivity contribution in [1.82, 2.24) is 4.98 Å². The molecule has 0 atom stereocenters. The first-order valence-electron chi connectivity index (χ1n) is 11.9. The number of carbonyl (C=O) groups is 2. The predicted molar refractivity (Wildman–Crippen MR) is 143 cm³/mol. The van der Waals surface area contributed by atoms with E-state index >= 15 is 0 Å². The quantitative estimate of drug-likeness (QED) is 0.288. The lowest BCUT2D eigenvalue weighted by atomic mass is 9.82. The zero-order valence-corrected chi connectivity index (χ0v) is 22.2. The van der Waals surface area contributed by atoms with Crippen molar-refractivity contribution in [1.29, 1.82) is 0 Å². The minimum Gasteiger partial charge on any atom is -0.465 e. The van der Waals surface area contributed by atoms with Crippen molar-refractivity contribution in [2.24, 2.45) is 11.8 Å². The van der Waals surface area contributed by atoms with E-state index in [0.717, 1.165) is 46.7 Å². The number of hydrogen-bond acceptors (Lipinski definition) is 6. The molecule has 1 amide bonds. The van der Waals surface area contributed by atoms with E-state index in [-0.39, 0.29) is 17.9 Å². The van der Waals surface area contributed by atoms with Gasteiger partial charge in [0, 0.05) is 34.0 Å². The summed E-state index contributed by atoms with van der Waals surface area (Å²) in [6, 6.07) is 9.79. The summed E-state index contributed by atoms with van der Waals surface area (Å²) in [5.74, 6) is 6.55. The molecule has 0 aliphatic heterocycles. The Labute approximate surface area is 215 Å². The molecule has 0 unspecified atom stereocenters. The summed E-state index contributed by atoms with van der Waals surface area (Å²) in [6.45, 7) is 6.24. The highest BCUT2D eigenvalue weighted by atomic mass is 32.1. The van der Waals surface area contributed by atoms with Crippen LogP contribution >= 0.6 is 22.7 Å². The highest BCUT2D eigenvalue weighted by Gasteiger charge is 2.33. The maximum atomic E-state index is 13.6. The lowest BCUT2D eigenvalue weighted by molar-refractivity contribution is -0.123. The van der Waals surface area contributed by atoms with Crippen LogP contribution in [0.4, 0.5) is 5.69 Å². The molecule has 1 saturated carbocycles. The Bertz CT molecular complexity index is 1230. The molecule has 0 N–H and O–H groups in total. The number of aromatic nitrogens is 1. The molecule has 2 heterocycles. The van der Waals surface area contributed by atoms with Crippen LogP contribution in [-0.2, 0) is 9.53 Å². The van der Waals surface area contributed by atoms with Gasteiger partial charge in [0.05, 0.1) is 12.8 Å². The molecular weight excluding hydrogens is 476 g/mol. The monoisotopic (exact) mass is 506 g/mol. The second kappa shape index (κ2) is 11.2. The van der Waals surface area contributed by atoms with Gasteiger partial charge in [-0.15, -0.1) is 22.7 Å². The van der Waals surface area contributed by atoms with E-state index in [0.29, 0.717) is 16.5 Å². The smallest absolute Gasteiger partial charge is 0.350 e. The Morgan fingerprint density at radius 1 is 1.11 bits per heavy atom. The summed E-state index contributed by atoms with van der Waals surface area (Å²) < 4.78 is 5.09. The fraction of sp³-hybridized carbons (Fsp3) is 0.393. The molecule has 3 aromatic rings. The summed E-state index contributed by atoms with van der Waals surface area (Å²) in [4.78, 5) is 33.7. The molecule has 182 valence electrons. The number of carbonyl (C=O) groups excluding carboxylic acids is 2. The third kappa shape index (κ3) is 5.83. The molecule has 1 aliphatic rings. The molecule has 0 spiro atoms. The summed E-state index contributed by atoms with van der Waals surface area (Å²) in [7, 11) is 1.38. The van der Waals surface area contributed by atoms with Gasteiger partial charge >= 0.3 is 5.97 Å². The molecule has 35 heavy (non-hydrogen) atoms. The molecule has 1 aliphatic carbocycles. The number of thiophene rings is 1. The summed E-state index contributed by atoms with van der Waals surface area (Å²) in [5, 5.41) is 2.69. The SMILES string of the molecule is COC(=O)c1sc(-c2ccc(C#Cc3nccs3)cc2)cc1N(C(=O)C1CCC(C)CC1)C(C)C. The van der Waals surface area contributed by atoms with Crippen LogP contribution in [0.5, 0.6) is 0 Å². The fourth-order valence-corrected chi connectivity index (χ4v) is 5.98. The van der Waals surface area contributed by atoms with E-state index in [4.69, 9.17) is 4.74 Å². The number of ether oxygens (including phenoxy) is 1. The first-order chi connectivity index (χ1) is 16.9.